The normalized spacial score (nSPS) is 16.1. The lowest BCUT2D eigenvalue weighted by Gasteiger charge is -2.27. The van der Waals surface area contributed by atoms with Crippen LogP contribution in [0.2, 0.25) is 0 Å². The number of anilines is 2. The van der Waals surface area contributed by atoms with Gasteiger partial charge in [-0.1, -0.05) is 38.0 Å². The highest BCUT2D eigenvalue weighted by molar-refractivity contribution is 7.83. The van der Waals surface area contributed by atoms with Crippen molar-refractivity contribution < 1.29 is 9.42 Å². The van der Waals surface area contributed by atoms with E-state index in [1.54, 1.807) is 31.3 Å². The minimum atomic E-state index is -1.27. The summed E-state index contributed by atoms with van der Waals surface area (Å²) in [6.07, 6.45) is 7.20. The number of nitrogens with one attached hydrogen (secondary N) is 1. The largest absolute Gasteiger partial charge is 0.382 e. The summed E-state index contributed by atoms with van der Waals surface area (Å²) >= 11 is 0. The lowest BCUT2D eigenvalue weighted by atomic mass is 9.83. The van der Waals surface area contributed by atoms with Crippen molar-refractivity contribution in [3.8, 4) is 0 Å². The molecule has 0 saturated heterocycles. The van der Waals surface area contributed by atoms with Gasteiger partial charge in [0.15, 0.2) is 0 Å². The van der Waals surface area contributed by atoms with Crippen LogP contribution in [0, 0.1) is 5.92 Å². The number of aromatic nitrogens is 1. The van der Waals surface area contributed by atoms with Gasteiger partial charge in [0.1, 0.15) is 22.5 Å². The SMILES string of the molecule is CCCCC1=Nc2c(N)nc3ccccc3c2CC1CCCCNS(=O)c1ccc(N(C)O)cc1. The molecule has 1 aliphatic rings. The van der Waals surface area contributed by atoms with Crippen LogP contribution in [-0.2, 0) is 17.4 Å². The number of fused-ring (bicyclic) bond motifs is 3. The second-order valence-electron chi connectivity index (χ2n) is 9.13. The van der Waals surface area contributed by atoms with Crippen molar-refractivity contribution in [1.82, 2.24) is 9.71 Å². The third-order valence-electron chi connectivity index (χ3n) is 6.60. The third-order valence-corrected chi connectivity index (χ3v) is 7.77. The summed E-state index contributed by atoms with van der Waals surface area (Å²) in [5.74, 6) is 0.921. The molecule has 35 heavy (non-hydrogen) atoms. The Balaban J connectivity index is 1.37. The van der Waals surface area contributed by atoms with Gasteiger partial charge in [0.05, 0.1) is 16.1 Å². The zero-order chi connectivity index (χ0) is 24.8. The van der Waals surface area contributed by atoms with Crippen LogP contribution in [0.15, 0.2) is 58.4 Å². The van der Waals surface area contributed by atoms with Crippen LogP contribution in [0.5, 0.6) is 0 Å². The van der Waals surface area contributed by atoms with E-state index in [9.17, 15) is 9.42 Å². The summed E-state index contributed by atoms with van der Waals surface area (Å²) in [4.78, 5) is 10.3. The fourth-order valence-corrected chi connectivity index (χ4v) is 5.54. The molecule has 0 amide bonds. The predicted octanol–water partition coefficient (Wildman–Crippen LogP) is 5.56. The van der Waals surface area contributed by atoms with Crippen LogP contribution in [0.3, 0.4) is 0 Å². The van der Waals surface area contributed by atoms with Crippen LogP contribution in [0.1, 0.15) is 51.0 Å². The van der Waals surface area contributed by atoms with E-state index >= 15 is 0 Å². The smallest absolute Gasteiger partial charge is 0.150 e. The van der Waals surface area contributed by atoms with Gasteiger partial charge in [-0.05, 0) is 68.0 Å². The minimum absolute atomic E-state index is 0.396. The Kier molecular flexibility index (Phi) is 8.49. The number of nitrogens with zero attached hydrogens (tertiary/aromatic N) is 3. The Labute approximate surface area is 210 Å². The van der Waals surface area contributed by atoms with Crippen LogP contribution in [0.4, 0.5) is 17.2 Å². The molecule has 2 heterocycles. The summed E-state index contributed by atoms with van der Waals surface area (Å²) in [5, 5.41) is 11.7. The number of benzene rings is 2. The monoisotopic (exact) mass is 493 g/mol. The van der Waals surface area contributed by atoms with Gasteiger partial charge < -0.3 is 5.73 Å². The van der Waals surface area contributed by atoms with Crippen molar-refractivity contribution in [1.29, 1.82) is 0 Å². The number of rotatable bonds is 11. The van der Waals surface area contributed by atoms with Crippen molar-refractivity contribution in [2.75, 3.05) is 24.4 Å². The molecule has 2 unspecified atom stereocenters. The van der Waals surface area contributed by atoms with Gasteiger partial charge in [0.2, 0.25) is 0 Å². The van der Waals surface area contributed by atoms with Crippen LogP contribution < -0.4 is 15.5 Å². The van der Waals surface area contributed by atoms with Crippen molar-refractivity contribution in [3.63, 3.8) is 0 Å². The number of nitrogens with two attached hydrogens (primary N) is 1. The second-order valence-corrected chi connectivity index (χ2v) is 10.4. The summed E-state index contributed by atoms with van der Waals surface area (Å²) in [6, 6.07) is 15.2. The standard InChI is InChI=1S/C27H35N5O2S/c1-3-4-11-24-19(18-23-22-10-5-6-12-25(22)31-27(28)26(23)30-24)9-7-8-17-29-35(34)21-15-13-20(14-16-21)32(2)33/h5-6,10,12-16,19,29,33H,3-4,7-9,11,17-18H2,1-2H3,(H2,28,31). The Hall–Kier alpha value is -2.81. The van der Waals surface area contributed by atoms with E-state index in [-0.39, 0.29) is 0 Å². The van der Waals surface area contributed by atoms with E-state index in [0.717, 1.165) is 66.6 Å². The Morgan fingerprint density at radius 2 is 1.91 bits per heavy atom. The van der Waals surface area contributed by atoms with E-state index < -0.39 is 11.0 Å². The van der Waals surface area contributed by atoms with Gasteiger partial charge in [-0.3, -0.25) is 15.3 Å². The number of hydroxylamine groups is 1. The summed E-state index contributed by atoms with van der Waals surface area (Å²) < 4.78 is 15.7. The molecule has 4 rings (SSSR count). The van der Waals surface area contributed by atoms with Gasteiger partial charge in [-0.2, -0.15) is 0 Å². The molecule has 8 heteroatoms. The second kappa shape index (κ2) is 11.7. The first kappa shape index (κ1) is 25.3. The third kappa shape index (κ3) is 6.07. The number of unbranched alkanes of at least 4 members (excludes halogenated alkanes) is 2. The zero-order valence-electron chi connectivity index (χ0n) is 20.5. The Morgan fingerprint density at radius 3 is 2.66 bits per heavy atom. The van der Waals surface area contributed by atoms with Crippen molar-refractivity contribution in [3.05, 3.63) is 54.1 Å². The van der Waals surface area contributed by atoms with E-state index in [4.69, 9.17) is 10.7 Å². The number of nitrogen functional groups attached to an aromatic ring is 1. The first-order chi connectivity index (χ1) is 17.0. The van der Waals surface area contributed by atoms with E-state index in [1.165, 1.54) is 11.3 Å². The molecule has 0 fully saturated rings. The topological polar surface area (TPSA) is 104 Å². The summed E-state index contributed by atoms with van der Waals surface area (Å²) in [6.45, 7) is 2.88. The molecule has 7 nitrogen and oxygen atoms in total. The highest BCUT2D eigenvalue weighted by Crippen LogP contribution is 2.39. The Bertz CT molecular complexity index is 1210. The quantitative estimate of drug-likeness (QED) is 0.240. The maximum Gasteiger partial charge on any atom is 0.150 e. The van der Waals surface area contributed by atoms with Crippen molar-refractivity contribution in [2.24, 2.45) is 10.9 Å². The molecule has 0 saturated carbocycles. The molecule has 3 aromatic rings. The highest BCUT2D eigenvalue weighted by Gasteiger charge is 2.26. The van der Waals surface area contributed by atoms with E-state index in [2.05, 4.69) is 22.7 Å². The number of pyridine rings is 1. The van der Waals surface area contributed by atoms with Crippen molar-refractivity contribution in [2.45, 2.75) is 56.8 Å². The maximum absolute atomic E-state index is 12.5. The molecule has 0 radical (unpaired) electrons. The lowest BCUT2D eigenvalue weighted by molar-refractivity contribution is 0.279. The maximum atomic E-state index is 12.5. The number of hydrogen-bond donors (Lipinski definition) is 3. The van der Waals surface area contributed by atoms with Crippen LogP contribution >= 0.6 is 0 Å². The molecule has 1 aromatic heterocycles. The molecule has 0 aliphatic carbocycles. The number of hydrogen-bond acceptors (Lipinski definition) is 6. The average molecular weight is 494 g/mol. The van der Waals surface area contributed by atoms with Crippen LogP contribution in [0.25, 0.3) is 10.9 Å². The summed E-state index contributed by atoms with van der Waals surface area (Å²) in [5.41, 5.74) is 11.2. The number of para-hydroxylation sites is 1. The van der Waals surface area contributed by atoms with Gasteiger partial charge in [-0.25, -0.2) is 13.9 Å². The lowest BCUT2D eigenvalue weighted by Crippen LogP contribution is -2.23. The molecule has 186 valence electrons. The van der Waals surface area contributed by atoms with Gasteiger partial charge in [0.25, 0.3) is 0 Å². The molecule has 4 N–H and O–H groups in total. The van der Waals surface area contributed by atoms with Gasteiger partial charge >= 0.3 is 0 Å². The molecule has 0 bridgehead atoms. The molecule has 2 atom stereocenters. The molecule has 2 aromatic carbocycles. The van der Waals surface area contributed by atoms with Crippen LogP contribution in [-0.4, -0.2) is 33.7 Å². The van der Waals surface area contributed by atoms with E-state index in [0.29, 0.717) is 28.9 Å². The van der Waals surface area contributed by atoms with E-state index in [1.807, 2.05) is 18.2 Å². The molecular weight excluding hydrogens is 458 g/mol. The van der Waals surface area contributed by atoms with Gasteiger partial charge in [0, 0.05) is 30.6 Å². The number of aliphatic imine (C=N–C) groups is 1. The Morgan fingerprint density at radius 1 is 1.14 bits per heavy atom. The molecule has 0 spiro atoms. The minimum Gasteiger partial charge on any atom is -0.382 e. The average Bonchev–Trinajstić information content (AvgIpc) is 2.87. The molecular formula is C27H35N5O2S. The highest BCUT2D eigenvalue weighted by atomic mass is 32.2. The predicted molar refractivity (Wildman–Crippen MR) is 145 cm³/mol. The zero-order valence-corrected chi connectivity index (χ0v) is 21.4. The van der Waals surface area contributed by atoms with Crippen molar-refractivity contribution >= 4 is 44.8 Å². The first-order valence-electron chi connectivity index (χ1n) is 12.4. The fraction of sp³-hybridized carbons (Fsp3) is 0.407. The summed E-state index contributed by atoms with van der Waals surface area (Å²) in [7, 11) is 0.290. The fourth-order valence-electron chi connectivity index (χ4n) is 4.66. The van der Waals surface area contributed by atoms with Gasteiger partial charge in [-0.15, -0.1) is 0 Å². The first-order valence-corrected chi connectivity index (χ1v) is 13.6. The molecule has 1 aliphatic heterocycles.